The Morgan fingerprint density at radius 1 is 1.05 bits per heavy atom. The number of aromatic nitrogens is 1. The number of anilines is 1. The van der Waals surface area contributed by atoms with E-state index in [4.69, 9.17) is 21.1 Å². The molecule has 1 aliphatic heterocycles. The quantitative estimate of drug-likeness (QED) is 0.307. The summed E-state index contributed by atoms with van der Waals surface area (Å²) in [5.41, 5.74) is 2.76. The highest BCUT2D eigenvalue weighted by Crippen LogP contribution is 2.31. The van der Waals surface area contributed by atoms with Gasteiger partial charge in [-0.25, -0.2) is 9.79 Å². The van der Waals surface area contributed by atoms with Crippen molar-refractivity contribution in [3.63, 3.8) is 0 Å². The molecule has 8 nitrogen and oxygen atoms in total. The fraction of sp³-hybridized carbons (Fsp3) is 0.161. The zero-order valence-electron chi connectivity index (χ0n) is 22.3. The number of hydrogen-bond donors (Lipinski definition) is 1. The number of amides is 1. The van der Waals surface area contributed by atoms with Crippen molar-refractivity contribution < 1.29 is 19.1 Å². The number of benzene rings is 3. The second kappa shape index (κ2) is 12.4. The van der Waals surface area contributed by atoms with Gasteiger partial charge < -0.3 is 14.8 Å². The highest BCUT2D eigenvalue weighted by atomic mass is 35.5. The van der Waals surface area contributed by atoms with Gasteiger partial charge in [-0.1, -0.05) is 65.4 Å². The first kappa shape index (κ1) is 28.1. The molecule has 5 rings (SSSR count). The Morgan fingerprint density at radius 3 is 2.44 bits per heavy atom. The topological polar surface area (TPSA) is 99.0 Å². The number of nitrogens with one attached hydrogen (secondary N) is 1. The summed E-state index contributed by atoms with van der Waals surface area (Å²) < 4.78 is 12.3. The third-order valence-electron chi connectivity index (χ3n) is 6.32. The second-order valence-electron chi connectivity index (χ2n) is 9.12. The molecule has 1 aromatic heterocycles. The SMILES string of the molecule is CCOC(=O)COc1ccc(/C=c2\sc3n(c2=O)C(c2ccc(Cl)cc2)C(C(=O)Nc2ccccc2)=C(C)N=3)cc1. The molecule has 4 aromatic rings. The number of rotatable bonds is 8. The van der Waals surface area contributed by atoms with Crippen LogP contribution in [-0.2, 0) is 14.3 Å². The monoisotopic (exact) mass is 587 g/mol. The Balaban J connectivity index is 1.52. The van der Waals surface area contributed by atoms with Crippen LogP contribution in [-0.4, -0.2) is 29.7 Å². The lowest BCUT2D eigenvalue weighted by atomic mass is 9.95. The average Bonchev–Trinajstić information content (AvgIpc) is 3.27. The fourth-order valence-corrected chi connectivity index (χ4v) is 5.62. The van der Waals surface area contributed by atoms with Crippen LogP contribution in [0.1, 0.15) is 31.0 Å². The summed E-state index contributed by atoms with van der Waals surface area (Å²) in [6.45, 7) is 3.61. The molecule has 1 aliphatic rings. The van der Waals surface area contributed by atoms with Gasteiger partial charge in [0.05, 0.1) is 28.5 Å². The van der Waals surface area contributed by atoms with E-state index < -0.39 is 12.0 Å². The molecule has 0 saturated heterocycles. The Kier molecular flexibility index (Phi) is 8.47. The van der Waals surface area contributed by atoms with E-state index >= 15 is 0 Å². The maximum absolute atomic E-state index is 13.8. The number of hydrogen-bond acceptors (Lipinski definition) is 7. The standard InChI is InChI=1S/C31H26ClN3O5S/c1-3-39-26(36)18-40-24-15-9-20(10-16-24)17-25-30(38)35-28(21-11-13-22(32)14-12-21)27(19(2)33-31(35)41-25)29(37)34-23-7-5-4-6-8-23/h4-17,28H,3,18H2,1-2H3,(H,34,37)/b25-17-. The number of allylic oxidation sites excluding steroid dienone is 1. The zero-order chi connectivity index (χ0) is 28.9. The van der Waals surface area contributed by atoms with Crippen LogP contribution in [0.4, 0.5) is 5.69 Å². The van der Waals surface area contributed by atoms with Crippen molar-refractivity contribution in [3.8, 4) is 5.75 Å². The molecule has 1 atom stereocenters. The van der Waals surface area contributed by atoms with E-state index in [9.17, 15) is 14.4 Å². The second-order valence-corrected chi connectivity index (χ2v) is 10.6. The molecule has 0 aliphatic carbocycles. The minimum absolute atomic E-state index is 0.185. The molecule has 0 radical (unpaired) electrons. The Morgan fingerprint density at radius 2 is 1.76 bits per heavy atom. The first-order valence-electron chi connectivity index (χ1n) is 12.9. The molecule has 1 unspecified atom stereocenters. The molecule has 10 heteroatoms. The van der Waals surface area contributed by atoms with Gasteiger partial charge in [0.2, 0.25) is 0 Å². The number of carbonyl (C=O) groups excluding carboxylic acids is 2. The first-order chi connectivity index (χ1) is 19.8. The van der Waals surface area contributed by atoms with Crippen LogP contribution in [0.15, 0.2) is 99.9 Å². The van der Waals surface area contributed by atoms with Gasteiger partial charge in [0.1, 0.15) is 5.75 Å². The summed E-state index contributed by atoms with van der Waals surface area (Å²) in [4.78, 5) is 44.1. The maximum atomic E-state index is 13.8. The summed E-state index contributed by atoms with van der Waals surface area (Å²) >= 11 is 7.41. The number of thiazole rings is 1. The number of esters is 1. The van der Waals surface area contributed by atoms with Gasteiger partial charge in [-0.15, -0.1) is 0 Å². The fourth-order valence-electron chi connectivity index (χ4n) is 4.45. The Hall–Kier alpha value is -4.47. The molecule has 1 N–H and O–H groups in total. The maximum Gasteiger partial charge on any atom is 0.344 e. The van der Waals surface area contributed by atoms with E-state index in [0.29, 0.717) is 37.1 Å². The van der Waals surface area contributed by atoms with Crippen molar-refractivity contribution in [3.05, 3.63) is 126 Å². The average molecular weight is 588 g/mol. The molecule has 1 amide bonds. The molecule has 0 saturated carbocycles. The highest BCUT2D eigenvalue weighted by molar-refractivity contribution is 7.07. The third-order valence-corrected chi connectivity index (χ3v) is 7.56. The summed E-state index contributed by atoms with van der Waals surface area (Å²) in [5.74, 6) is -0.283. The lowest BCUT2D eigenvalue weighted by molar-refractivity contribution is -0.145. The molecule has 3 aromatic carbocycles. The van der Waals surface area contributed by atoms with E-state index in [-0.39, 0.29) is 24.7 Å². The molecule has 208 valence electrons. The van der Waals surface area contributed by atoms with Gasteiger partial charge in [-0.2, -0.15) is 0 Å². The Bertz CT molecular complexity index is 1790. The third kappa shape index (κ3) is 6.32. The minimum Gasteiger partial charge on any atom is -0.482 e. The van der Waals surface area contributed by atoms with Crippen LogP contribution in [0.3, 0.4) is 0 Å². The number of para-hydroxylation sites is 1. The lowest BCUT2D eigenvalue weighted by Crippen LogP contribution is -2.40. The minimum atomic E-state index is -0.701. The number of carbonyl (C=O) groups is 2. The summed E-state index contributed by atoms with van der Waals surface area (Å²) in [5, 5.41) is 3.48. The smallest absolute Gasteiger partial charge is 0.344 e. The van der Waals surface area contributed by atoms with Gasteiger partial charge in [0.25, 0.3) is 11.5 Å². The van der Waals surface area contributed by atoms with Crippen molar-refractivity contribution in [2.24, 2.45) is 4.99 Å². The normalized spacial score (nSPS) is 14.7. The van der Waals surface area contributed by atoms with Gasteiger partial charge in [0.15, 0.2) is 11.4 Å². The van der Waals surface area contributed by atoms with Crippen molar-refractivity contribution >= 4 is 46.6 Å². The zero-order valence-corrected chi connectivity index (χ0v) is 23.9. The summed E-state index contributed by atoms with van der Waals surface area (Å²) in [6.07, 6.45) is 1.76. The van der Waals surface area contributed by atoms with Crippen LogP contribution in [0.2, 0.25) is 5.02 Å². The molecule has 0 spiro atoms. The van der Waals surface area contributed by atoms with Crippen molar-refractivity contribution in [2.75, 3.05) is 18.5 Å². The number of halogens is 1. The summed E-state index contributed by atoms with van der Waals surface area (Å²) in [6, 6.07) is 22.5. The van der Waals surface area contributed by atoms with Crippen molar-refractivity contribution in [2.45, 2.75) is 19.9 Å². The highest BCUT2D eigenvalue weighted by Gasteiger charge is 2.32. The van der Waals surface area contributed by atoms with Gasteiger partial charge in [-0.05, 0) is 67.4 Å². The molecular weight excluding hydrogens is 562 g/mol. The van der Waals surface area contributed by atoms with Crippen LogP contribution in [0, 0.1) is 0 Å². The first-order valence-corrected chi connectivity index (χ1v) is 14.1. The summed E-state index contributed by atoms with van der Waals surface area (Å²) in [7, 11) is 0. The largest absolute Gasteiger partial charge is 0.482 e. The van der Waals surface area contributed by atoms with Crippen LogP contribution >= 0.6 is 22.9 Å². The van der Waals surface area contributed by atoms with Gasteiger partial charge in [-0.3, -0.25) is 14.2 Å². The number of fused-ring (bicyclic) bond motifs is 1. The van der Waals surface area contributed by atoms with Crippen molar-refractivity contribution in [1.29, 1.82) is 0 Å². The Labute approximate surface area is 244 Å². The predicted octanol–water partition coefficient (Wildman–Crippen LogP) is 4.47. The van der Waals surface area contributed by atoms with E-state index in [1.165, 1.54) is 11.3 Å². The number of ether oxygens (including phenoxy) is 2. The molecule has 2 heterocycles. The molecule has 0 bridgehead atoms. The van der Waals surface area contributed by atoms with E-state index in [0.717, 1.165) is 11.1 Å². The molecular formula is C31H26ClN3O5S. The van der Waals surface area contributed by atoms with Crippen molar-refractivity contribution in [1.82, 2.24) is 4.57 Å². The van der Waals surface area contributed by atoms with E-state index in [2.05, 4.69) is 10.3 Å². The van der Waals surface area contributed by atoms with Crippen LogP contribution in [0.5, 0.6) is 5.75 Å². The van der Waals surface area contributed by atoms with Gasteiger partial charge in [0, 0.05) is 10.7 Å². The van der Waals surface area contributed by atoms with Crippen LogP contribution < -0.4 is 24.9 Å². The number of nitrogens with zero attached hydrogens (tertiary/aromatic N) is 2. The van der Waals surface area contributed by atoms with Gasteiger partial charge >= 0.3 is 5.97 Å². The molecule has 0 fully saturated rings. The van der Waals surface area contributed by atoms with E-state index in [1.54, 1.807) is 73.0 Å². The molecule has 41 heavy (non-hydrogen) atoms. The lowest BCUT2D eigenvalue weighted by Gasteiger charge is -2.25. The van der Waals surface area contributed by atoms with E-state index in [1.807, 2.05) is 30.3 Å². The predicted molar refractivity (Wildman–Crippen MR) is 159 cm³/mol. The van der Waals surface area contributed by atoms with Crippen LogP contribution in [0.25, 0.3) is 6.08 Å².